The van der Waals surface area contributed by atoms with Crippen molar-refractivity contribution in [2.24, 2.45) is 0 Å². The Kier molecular flexibility index (Phi) is 14.9. The molecule has 0 fully saturated rings. The van der Waals surface area contributed by atoms with Crippen LogP contribution in [0, 0.1) is 0 Å². The van der Waals surface area contributed by atoms with Crippen molar-refractivity contribution in [3.05, 3.63) is 0 Å². The Morgan fingerprint density at radius 2 is 0.828 bits per heavy atom. The summed E-state index contributed by atoms with van der Waals surface area (Å²) in [5.74, 6) is -3.33. The minimum Gasteiger partial charge on any atom is -0.408 e. The number of carbonyl (C=O) groups is 2. The fraction of sp³-hybridized carbons (Fsp3) is 0.905. The second-order valence-electron chi connectivity index (χ2n) is 6.67. The molecular formula is C21H40O8. The van der Waals surface area contributed by atoms with Crippen molar-refractivity contribution in [1.82, 2.24) is 0 Å². The van der Waals surface area contributed by atoms with Gasteiger partial charge in [-0.2, -0.15) is 0 Å². The standard InChI is InChI=1S/C21H40O8/c1-7-24-20(5,25-8-2)28-18(22)16-14-12-11-13-15-17-19(23)29-21(6,26-9-3)27-10-4/h7-17H2,1-6H3. The highest BCUT2D eigenvalue weighted by Gasteiger charge is 2.30. The van der Waals surface area contributed by atoms with Crippen molar-refractivity contribution >= 4 is 11.9 Å². The summed E-state index contributed by atoms with van der Waals surface area (Å²) in [6.45, 7) is 12.0. The third kappa shape index (κ3) is 13.6. The van der Waals surface area contributed by atoms with Gasteiger partial charge in [-0.1, -0.05) is 19.3 Å². The largest absolute Gasteiger partial charge is 0.408 e. The van der Waals surface area contributed by atoms with Gasteiger partial charge in [0.2, 0.25) is 0 Å². The first-order valence-electron chi connectivity index (χ1n) is 10.7. The van der Waals surface area contributed by atoms with Crippen LogP contribution in [0.5, 0.6) is 0 Å². The van der Waals surface area contributed by atoms with Gasteiger partial charge < -0.3 is 28.4 Å². The van der Waals surface area contributed by atoms with Gasteiger partial charge in [-0.15, -0.1) is 0 Å². The molecule has 172 valence electrons. The van der Waals surface area contributed by atoms with Crippen molar-refractivity contribution in [2.75, 3.05) is 26.4 Å². The van der Waals surface area contributed by atoms with E-state index in [0.29, 0.717) is 52.1 Å². The summed E-state index contributed by atoms with van der Waals surface area (Å²) in [5.41, 5.74) is 0. The summed E-state index contributed by atoms with van der Waals surface area (Å²) in [6.07, 6.45) is 4.70. The van der Waals surface area contributed by atoms with Gasteiger partial charge in [0.05, 0.1) is 26.4 Å². The minimum atomic E-state index is -1.32. The lowest BCUT2D eigenvalue weighted by atomic mass is 10.1. The summed E-state index contributed by atoms with van der Waals surface area (Å²) in [5, 5.41) is 0. The van der Waals surface area contributed by atoms with E-state index in [1.165, 1.54) is 0 Å². The molecule has 0 aromatic rings. The number of unbranched alkanes of at least 4 members (excludes halogenated alkanes) is 4. The van der Waals surface area contributed by atoms with Crippen molar-refractivity contribution in [2.45, 2.75) is 98.4 Å². The molecule has 0 atom stereocenters. The molecule has 0 radical (unpaired) electrons. The van der Waals surface area contributed by atoms with E-state index >= 15 is 0 Å². The molecule has 0 aromatic heterocycles. The van der Waals surface area contributed by atoms with Crippen LogP contribution in [0.2, 0.25) is 0 Å². The van der Waals surface area contributed by atoms with E-state index in [1.54, 1.807) is 13.8 Å². The molecule has 0 unspecified atom stereocenters. The second-order valence-corrected chi connectivity index (χ2v) is 6.67. The van der Waals surface area contributed by atoms with E-state index in [2.05, 4.69) is 0 Å². The maximum atomic E-state index is 12.0. The van der Waals surface area contributed by atoms with Crippen molar-refractivity contribution in [3.63, 3.8) is 0 Å². The summed E-state index contributed by atoms with van der Waals surface area (Å²) >= 11 is 0. The number of ether oxygens (including phenoxy) is 6. The summed E-state index contributed by atoms with van der Waals surface area (Å²) in [6, 6.07) is 0. The number of hydrogen-bond acceptors (Lipinski definition) is 8. The Hall–Kier alpha value is -1.22. The van der Waals surface area contributed by atoms with Gasteiger partial charge in [0.15, 0.2) is 0 Å². The van der Waals surface area contributed by atoms with Crippen LogP contribution in [0.3, 0.4) is 0 Å². The third-order valence-electron chi connectivity index (χ3n) is 3.99. The number of hydrogen-bond donors (Lipinski definition) is 0. The molecule has 0 saturated heterocycles. The Labute approximate surface area is 175 Å². The van der Waals surface area contributed by atoms with E-state index in [0.717, 1.165) is 19.3 Å². The molecule has 0 rings (SSSR count). The Bertz CT molecular complexity index is 400. The van der Waals surface area contributed by atoms with Crippen molar-refractivity contribution in [1.29, 1.82) is 0 Å². The SMILES string of the molecule is CCOC(C)(OCC)OC(=O)CCCCCCCC(=O)OC(C)(OCC)OCC. The highest BCUT2D eigenvalue weighted by Crippen LogP contribution is 2.18. The van der Waals surface area contributed by atoms with Crippen LogP contribution < -0.4 is 0 Å². The lowest BCUT2D eigenvalue weighted by Crippen LogP contribution is -2.38. The normalized spacial score (nSPS) is 12.1. The zero-order valence-corrected chi connectivity index (χ0v) is 19.0. The molecule has 0 bridgehead atoms. The zero-order chi connectivity index (χ0) is 22.2. The number of carbonyl (C=O) groups excluding carboxylic acids is 2. The van der Waals surface area contributed by atoms with E-state index in [9.17, 15) is 9.59 Å². The molecule has 8 nitrogen and oxygen atoms in total. The van der Waals surface area contributed by atoms with E-state index in [1.807, 2.05) is 27.7 Å². The molecule has 0 aliphatic rings. The first-order valence-corrected chi connectivity index (χ1v) is 10.7. The van der Waals surface area contributed by atoms with Gasteiger partial charge in [-0.05, 0) is 40.5 Å². The smallest absolute Gasteiger partial charge is 0.326 e. The Morgan fingerprint density at radius 1 is 0.552 bits per heavy atom. The molecule has 0 aliphatic carbocycles. The quantitative estimate of drug-likeness (QED) is 0.184. The van der Waals surface area contributed by atoms with Gasteiger partial charge in [0.25, 0.3) is 0 Å². The zero-order valence-electron chi connectivity index (χ0n) is 19.0. The van der Waals surface area contributed by atoms with Crippen LogP contribution in [0.25, 0.3) is 0 Å². The Morgan fingerprint density at radius 3 is 1.10 bits per heavy atom. The molecule has 0 amide bonds. The maximum absolute atomic E-state index is 12.0. The summed E-state index contributed by atoms with van der Waals surface area (Å²) < 4.78 is 32.0. The molecule has 0 heterocycles. The molecule has 0 aromatic carbocycles. The van der Waals surface area contributed by atoms with Crippen LogP contribution in [0.15, 0.2) is 0 Å². The van der Waals surface area contributed by atoms with Crippen LogP contribution in [-0.2, 0) is 38.0 Å². The van der Waals surface area contributed by atoms with E-state index < -0.39 is 11.9 Å². The third-order valence-corrected chi connectivity index (χ3v) is 3.99. The monoisotopic (exact) mass is 420 g/mol. The number of esters is 2. The second kappa shape index (κ2) is 15.6. The lowest BCUT2D eigenvalue weighted by molar-refractivity contribution is -0.350. The van der Waals surface area contributed by atoms with Crippen molar-refractivity contribution in [3.8, 4) is 0 Å². The van der Waals surface area contributed by atoms with Crippen LogP contribution in [0.4, 0.5) is 0 Å². The topological polar surface area (TPSA) is 89.5 Å². The average molecular weight is 421 g/mol. The van der Waals surface area contributed by atoms with Gasteiger partial charge in [-0.25, -0.2) is 0 Å². The molecule has 29 heavy (non-hydrogen) atoms. The fourth-order valence-corrected chi connectivity index (χ4v) is 2.83. The predicted molar refractivity (Wildman–Crippen MR) is 108 cm³/mol. The molecule has 8 heteroatoms. The Balaban J connectivity index is 3.94. The summed E-state index contributed by atoms with van der Waals surface area (Å²) in [7, 11) is 0. The first kappa shape index (κ1) is 27.8. The minimum absolute atomic E-state index is 0.304. The lowest BCUT2D eigenvalue weighted by Gasteiger charge is -2.28. The predicted octanol–water partition coefficient (Wildman–Crippen LogP) is 4.30. The fourth-order valence-electron chi connectivity index (χ4n) is 2.83. The molecular weight excluding hydrogens is 380 g/mol. The molecule has 0 N–H and O–H groups in total. The van der Waals surface area contributed by atoms with Crippen LogP contribution >= 0.6 is 0 Å². The molecule has 0 saturated carbocycles. The van der Waals surface area contributed by atoms with Gasteiger partial charge in [-0.3, -0.25) is 9.59 Å². The van der Waals surface area contributed by atoms with Gasteiger partial charge in [0, 0.05) is 26.7 Å². The van der Waals surface area contributed by atoms with Crippen LogP contribution in [-0.4, -0.2) is 50.3 Å². The molecule has 0 spiro atoms. The van der Waals surface area contributed by atoms with Gasteiger partial charge in [0.1, 0.15) is 0 Å². The highest BCUT2D eigenvalue weighted by molar-refractivity contribution is 5.69. The average Bonchev–Trinajstić information content (AvgIpc) is 2.61. The van der Waals surface area contributed by atoms with Gasteiger partial charge >= 0.3 is 23.9 Å². The van der Waals surface area contributed by atoms with Crippen LogP contribution in [0.1, 0.15) is 86.5 Å². The number of rotatable bonds is 18. The molecule has 0 aliphatic heterocycles. The summed E-state index contributed by atoms with van der Waals surface area (Å²) in [4.78, 5) is 23.9. The highest BCUT2D eigenvalue weighted by atomic mass is 16.9. The van der Waals surface area contributed by atoms with E-state index in [4.69, 9.17) is 28.4 Å². The first-order chi connectivity index (χ1) is 13.7. The van der Waals surface area contributed by atoms with E-state index in [-0.39, 0.29) is 11.9 Å². The maximum Gasteiger partial charge on any atom is 0.326 e. The van der Waals surface area contributed by atoms with Crippen molar-refractivity contribution < 1.29 is 38.0 Å².